The molecule has 1 aromatic rings. The Morgan fingerprint density at radius 1 is 1.46 bits per heavy atom. The van der Waals surface area contributed by atoms with Crippen LogP contribution < -0.4 is 10.6 Å². The SMILES string of the molecule is CN(C)C(=O)CN=C(NCCCOCC1CCCO1)NCc1cccs1. The molecule has 0 bridgehead atoms. The summed E-state index contributed by atoms with van der Waals surface area (Å²) in [6.45, 7) is 3.77. The molecule has 0 saturated carbocycles. The first-order valence-corrected chi connectivity index (χ1v) is 9.97. The Morgan fingerprint density at radius 3 is 3.04 bits per heavy atom. The zero-order valence-corrected chi connectivity index (χ0v) is 16.5. The molecule has 1 amide bonds. The largest absolute Gasteiger partial charge is 0.379 e. The molecule has 2 N–H and O–H groups in total. The van der Waals surface area contributed by atoms with E-state index in [0.717, 1.165) is 32.4 Å². The van der Waals surface area contributed by atoms with Gasteiger partial charge in [0.05, 0.1) is 19.3 Å². The van der Waals surface area contributed by atoms with E-state index in [1.54, 1.807) is 30.3 Å². The van der Waals surface area contributed by atoms with Crippen LogP contribution in [0.2, 0.25) is 0 Å². The molecule has 2 heterocycles. The molecule has 1 aromatic heterocycles. The highest BCUT2D eigenvalue weighted by molar-refractivity contribution is 7.09. The normalized spacial score (nSPS) is 17.3. The fraction of sp³-hybridized carbons (Fsp3) is 0.667. The average Bonchev–Trinajstić information content (AvgIpc) is 3.32. The van der Waals surface area contributed by atoms with Crippen LogP contribution in [0.5, 0.6) is 0 Å². The lowest BCUT2D eigenvalue weighted by Gasteiger charge is -2.14. The van der Waals surface area contributed by atoms with Crippen LogP contribution in [0.15, 0.2) is 22.5 Å². The third kappa shape index (κ3) is 8.16. The third-order valence-corrected chi connectivity index (χ3v) is 4.84. The highest BCUT2D eigenvalue weighted by atomic mass is 32.1. The number of carbonyl (C=O) groups is 1. The lowest BCUT2D eigenvalue weighted by atomic mass is 10.2. The van der Waals surface area contributed by atoms with E-state index in [1.165, 1.54) is 4.88 Å². The lowest BCUT2D eigenvalue weighted by Crippen LogP contribution is -2.38. The highest BCUT2D eigenvalue weighted by Gasteiger charge is 2.14. The maximum Gasteiger partial charge on any atom is 0.243 e. The molecule has 1 aliphatic rings. The van der Waals surface area contributed by atoms with Crippen LogP contribution in [0.1, 0.15) is 24.1 Å². The van der Waals surface area contributed by atoms with Crippen LogP contribution in [0.4, 0.5) is 0 Å². The summed E-state index contributed by atoms with van der Waals surface area (Å²) in [7, 11) is 3.46. The Hall–Kier alpha value is -1.64. The molecule has 0 aliphatic carbocycles. The second-order valence-electron chi connectivity index (χ2n) is 6.38. The predicted octanol–water partition coefficient (Wildman–Crippen LogP) is 1.46. The summed E-state index contributed by atoms with van der Waals surface area (Å²) in [5.41, 5.74) is 0. The number of hydrogen-bond acceptors (Lipinski definition) is 5. The van der Waals surface area contributed by atoms with E-state index in [1.807, 2.05) is 11.4 Å². The molecule has 26 heavy (non-hydrogen) atoms. The van der Waals surface area contributed by atoms with Gasteiger partial charge in [0.2, 0.25) is 5.91 Å². The van der Waals surface area contributed by atoms with E-state index in [2.05, 4.69) is 21.7 Å². The van der Waals surface area contributed by atoms with Crippen LogP contribution in [0.25, 0.3) is 0 Å². The van der Waals surface area contributed by atoms with Crippen molar-refractivity contribution >= 4 is 23.2 Å². The number of amides is 1. The minimum Gasteiger partial charge on any atom is -0.379 e. The van der Waals surface area contributed by atoms with E-state index in [9.17, 15) is 4.79 Å². The van der Waals surface area contributed by atoms with Gasteiger partial charge in [-0.2, -0.15) is 0 Å². The standard InChI is InChI=1S/C18H30N4O3S/c1-22(2)17(23)13-21-18(20-12-16-7-4-11-26-16)19-8-5-9-24-14-15-6-3-10-25-15/h4,7,11,15H,3,5-6,8-10,12-14H2,1-2H3,(H2,19,20,21). The molecule has 0 aromatic carbocycles. The van der Waals surface area contributed by atoms with E-state index in [0.29, 0.717) is 25.7 Å². The topological polar surface area (TPSA) is 75.2 Å². The average molecular weight is 383 g/mol. The van der Waals surface area contributed by atoms with Gasteiger partial charge in [-0.05, 0) is 30.7 Å². The highest BCUT2D eigenvalue weighted by Crippen LogP contribution is 2.11. The van der Waals surface area contributed by atoms with Crippen molar-refractivity contribution in [3.05, 3.63) is 22.4 Å². The third-order valence-electron chi connectivity index (χ3n) is 3.97. The van der Waals surface area contributed by atoms with Gasteiger partial charge in [-0.3, -0.25) is 4.79 Å². The molecule has 7 nitrogen and oxygen atoms in total. The van der Waals surface area contributed by atoms with Crippen LogP contribution in [-0.4, -0.2) is 69.9 Å². The van der Waals surface area contributed by atoms with Crippen molar-refractivity contribution in [3.63, 3.8) is 0 Å². The summed E-state index contributed by atoms with van der Waals surface area (Å²) in [6, 6.07) is 4.09. The first-order valence-electron chi connectivity index (χ1n) is 9.09. The van der Waals surface area contributed by atoms with Crippen molar-refractivity contribution in [1.29, 1.82) is 0 Å². The summed E-state index contributed by atoms with van der Waals surface area (Å²) in [5.74, 6) is 0.620. The maximum absolute atomic E-state index is 11.8. The summed E-state index contributed by atoms with van der Waals surface area (Å²) in [4.78, 5) is 18.9. The molecule has 1 unspecified atom stereocenters. The summed E-state index contributed by atoms with van der Waals surface area (Å²) in [6.07, 6.45) is 3.37. The molecule has 8 heteroatoms. The van der Waals surface area contributed by atoms with E-state index in [4.69, 9.17) is 9.47 Å². The summed E-state index contributed by atoms with van der Waals surface area (Å²) < 4.78 is 11.2. The number of guanidine groups is 1. The van der Waals surface area contributed by atoms with Crippen molar-refractivity contribution < 1.29 is 14.3 Å². The smallest absolute Gasteiger partial charge is 0.243 e. The number of nitrogens with zero attached hydrogens (tertiary/aromatic N) is 2. The second-order valence-corrected chi connectivity index (χ2v) is 7.41. The Labute approximate surface area is 159 Å². The van der Waals surface area contributed by atoms with Gasteiger partial charge in [-0.25, -0.2) is 4.99 Å². The van der Waals surface area contributed by atoms with E-state index >= 15 is 0 Å². The van der Waals surface area contributed by atoms with Crippen molar-refractivity contribution in [1.82, 2.24) is 15.5 Å². The van der Waals surface area contributed by atoms with Crippen LogP contribution in [0.3, 0.4) is 0 Å². The molecular weight excluding hydrogens is 352 g/mol. The minimum atomic E-state index is -0.0258. The molecule has 0 radical (unpaired) electrons. The van der Waals surface area contributed by atoms with Gasteiger partial charge in [0.15, 0.2) is 5.96 Å². The predicted molar refractivity (Wildman–Crippen MR) is 105 cm³/mol. The van der Waals surface area contributed by atoms with Crippen LogP contribution in [0, 0.1) is 0 Å². The Morgan fingerprint density at radius 2 is 2.35 bits per heavy atom. The van der Waals surface area contributed by atoms with Crippen LogP contribution in [-0.2, 0) is 20.8 Å². The minimum absolute atomic E-state index is 0.0258. The quantitative estimate of drug-likeness (QED) is 0.364. The van der Waals surface area contributed by atoms with Crippen molar-refractivity contribution in [2.24, 2.45) is 4.99 Å². The molecule has 146 valence electrons. The molecule has 0 spiro atoms. The van der Waals surface area contributed by atoms with Crippen molar-refractivity contribution in [3.8, 4) is 0 Å². The number of likely N-dealkylation sites (N-methyl/N-ethyl adjacent to an activating group) is 1. The van der Waals surface area contributed by atoms with E-state index < -0.39 is 0 Å². The zero-order chi connectivity index (χ0) is 18.6. The van der Waals surface area contributed by atoms with Gasteiger partial charge in [0.1, 0.15) is 6.54 Å². The Bertz CT molecular complexity index is 543. The van der Waals surface area contributed by atoms with Gasteiger partial charge < -0.3 is 25.0 Å². The lowest BCUT2D eigenvalue weighted by molar-refractivity contribution is -0.127. The molecule has 1 atom stereocenters. The number of thiophene rings is 1. The first kappa shape index (κ1) is 20.7. The Kier molecular flexibility index (Phi) is 9.44. The number of rotatable bonds is 10. The molecular formula is C18H30N4O3S. The number of ether oxygens (including phenoxy) is 2. The number of carbonyl (C=O) groups excluding carboxylic acids is 1. The molecule has 1 fully saturated rings. The fourth-order valence-corrected chi connectivity index (χ4v) is 3.06. The number of nitrogens with one attached hydrogen (secondary N) is 2. The summed E-state index contributed by atoms with van der Waals surface area (Å²) in [5, 5.41) is 8.58. The molecule has 2 rings (SSSR count). The maximum atomic E-state index is 11.8. The summed E-state index contributed by atoms with van der Waals surface area (Å²) >= 11 is 1.69. The van der Waals surface area contributed by atoms with Crippen molar-refractivity contribution in [2.45, 2.75) is 31.9 Å². The molecule has 1 aliphatic heterocycles. The fourth-order valence-electron chi connectivity index (χ4n) is 2.42. The van der Waals surface area contributed by atoms with Crippen molar-refractivity contribution in [2.75, 3.05) is 47.0 Å². The number of aliphatic imine (C=N–C) groups is 1. The monoisotopic (exact) mass is 382 g/mol. The first-order chi connectivity index (χ1) is 12.6. The van der Waals surface area contributed by atoms with Gasteiger partial charge in [0.25, 0.3) is 0 Å². The van der Waals surface area contributed by atoms with Gasteiger partial charge in [0, 0.05) is 38.7 Å². The Balaban J connectivity index is 1.67. The van der Waals surface area contributed by atoms with Gasteiger partial charge in [-0.1, -0.05) is 6.07 Å². The van der Waals surface area contributed by atoms with E-state index in [-0.39, 0.29) is 18.6 Å². The second kappa shape index (κ2) is 11.9. The van der Waals surface area contributed by atoms with Gasteiger partial charge >= 0.3 is 0 Å². The van der Waals surface area contributed by atoms with Crippen LogP contribution >= 0.6 is 11.3 Å². The molecule has 1 saturated heterocycles. The van der Waals surface area contributed by atoms with Gasteiger partial charge in [-0.15, -0.1) is 11.3 Å². The zero-order valence-electron chi connectivity index (χ0n) is 15.7. The number of hydrogen-bond donors (Lipinski definition) is 2.